The van der Waals surface area contributed by atoms with Crippen molar-refractivity contribution in [1.82, 2.24) is 19.7 Å². The standard InChI is InChI=1S/C20H23FN4O2/c1-12-16(15-5-3-6-17(21)20(15)22-12)10-19(27)24-7-4-8-25-14(11-24)9-18(23-25)13(2)26/h3,5-6,9,13,22,26H,4,7-8,10-11H2,1-2H3/t13-/m0/s1. The van der Waals surface area contributed by atoms with Crippen LogP contribution in [-0.2, 0) is 24.3 Å². The number of halogens is 1. The molecule has 0 spiro atoms. The van der Waals surface area contributed by atoms with E-state index >= 15 is 0 Å². The third kappa shape index (κ3) is 3.23. The largest absolute Gasteiger partial charge is 0.387 e. The molecule has 0 radical (unpaired) electrons. The van der Waals surface area contributed by atoms with E-state index in [0.717, 1.165) is 35.3 Å². The van der Waals surface area contributed by atoms with Crippen LogP contribution in [-0.4, -0.2) is 37.2 Å². The Hall–Kier alpha value is -2.67. The van der Waals surface area contributed by atoms with Crippen LogP contribution in [0.3, 0.4) is 0 Å². The van der Waals surface area contributed by atoms with Gasteiger partial charge >= 0.3 is 0 Å². The van der Waals surface area contributed by atoms with Gasteiger partial charge in [-0.25, -0.2) is 4.39 Å². The molecule has 3 heterocycles. The van der Waals surface area contributed by atoms with Gasteiger partial charge in [0.1, 0.15) is 5.82 Å². The van der Waals surface area contributed by atoms with Crippen molar-refractivity contribution in [3.8, 4) is 0 Å². The van der Waals surface area contributed by atoms with E-state index in [4.69, 9.17) is 0 Å². The van der Waals surface area contributed by atoms with E-state index in [1.807, 2.05) is 28.6 Å². The summed E-state index contributed by atoms with van der Waals surface area (Å²) in [5.41, 5.74) is 3.67. The van der Waals surface area contributed by atoms with Crippen molar-refractivity contribution in [2.24, 2.45) is 0 Å². The summed E-state index contributed by atoms with van der Waals surface area (Å²) in [5.74, 6) is -0.296. The average Bonchev–Trinajstić information content (AvgIpc) is 3.10. The number of amides is 1. The molecule has 2 aromatic heterocycles. The van der Waals surface area contributed by atoms with Crippen molar-refractivity contribution in [2.45, 2.75) is 45.9 Å². The number of aromatic nitrogens is 3. The summed E-state index contributed by atoms with van der Waals surface area (Å²) < 4.78 is 15.9. The fourth-order valence-electron chi connectivity index (χ4n) is 3.76. The Morgan fingerprint density at radius 2 is 2.22 bits per heavy atom. The lowest BCUT2D eigenvalue weighted by Gasteiger charge is -2.20. The topological polar surface area (TPSA) is 74.2 Å². The lowest BCUT2D eigenvalue weighted by Crippen LogP contribution is -2.32. The second-order valence-corrected chi connectivity index (χ2v) is 7.20. The summed E-state index contributed by atoms with van der Waals surface area (Å²) in [6, 6.07) is 6.79. The Kier molecular flexibility index (Phi) is 4.47. The van der Waals surface area contributed by atoms with Gasteiger partial charge in [-0.05, 0) is 38.0 Å². The van der Waals surface area contributed by atoms with E-state index in [1.165, 1.54) is 6.07 Å². The number of hydrogen-bond donors (Lipinski definition) is 2. The number of aryl methyl sites for hydroxylation is 2. The van der Waals surface area contributed by atoms with Gasteiger partial charge in [-0.2, -0.15) is 5.10 Å². The number of nitrogens with zero attached hydrogens (tertiary/aromatic N) is 3. The molecule has 2 N–H and O–H groups in total. The van der Waals surface area contributed by atoms with Crippen molar-refractivity contribution in [2.75, 3.05) is 6.54 Å². The minimum Gasteiger partial charge on any atom is -0.387 e. The maximum absolute atomic E-state index is 14.0. The number of aromatic amines is 1. The van der Waals surface area contributed by atoms with Crippen LogP contribution in [0.25, 0.3) is 10.9 Å². The summed E-state index contributed by atoms with van der Waals surface area (Å²) in [5, 5.41) is 14.9. The second-order valence-electron chi connectivity index (χ2n) is 7.20. The molecule has 142 valence electrons. The molecular formula is C20H23FN4O2. The molecule has 27 heavy (non-hydrogen) atoms. The molecular weight excluding hydrogens is 347 g/mol. The molecule has 0 fully saturated rings. The number of aliphatic hydroxyl groups excluding tert-OH is 1. The normalized spacial score (nSPS) is 15.6. The Balaban J connectivity index is 1.58. The van der Waals surface area contributed by atoms with Crippen LogP contribution >= 0.6 is 0 Å². The minimum atomic E-state index is -0.627. The highest BCUT2D eigenvalue weighted by Crippen LogP contribution is 2.26. The molecule has 7 heteroatoms. The summed E-state index contributed by atoms with van der Waals surface area (Å²) in [6.45, 7) is 5.40. The van der Waals surface area contributed by atoms with E-state index < -0.39 is 6.10 Å². The van der Waals surface area contributed by atoms with Crippen LogP contribution in [0.4, 0.5) is 4.39 Å². The maximum atomic E-state index is 14.0. The molecule has 0 aliphatic carbocycles. The number of rotatable bonds is 3. The number of carbonyl (C=O) groups excluding carboxylic acids is 1. The third-order valence-corrected chi connectivity index (χ3v) is 5.25. The Morgan fingerprint density at radius 1 is 1.41 bits per heavy atom. The van der Waals surface area contributed by atoms with Gasteiger partial charge in [-0.15, -0.1) is 0 Å². The van der Waals surface area contributed by atoms with Crippen LogP contribution in [0.2, 0.25) is 0 Å². The number of benzene rings is 1. The zero-order chi connectivity index (χ0) is 19.1. The molecule has 4 rings (SSSR count). The number of fused-ring (bicyclic) bond motifs is 2. The zero-order valence-corrected chi connectivity index (χ0v) is 15.5. The second kappa shape index (κ2) is 6.81. The lowest BCUT2D eigenvalue weighted by atomic mass is 10.1. The number of aliphatic hydroxyl groups is 1. The van der Waals surface area contributed by atoms with Gasteiger partial charge in [0.05, 0.1) is 36.0 Å². The van der Waals surface area contributed by atoms with E-state index in [1.54, 1.807) is 13.0 Å². The van der Waals surface area contributed by atoms with Crippen molar-refractivity contribution in [3.05, 3.63) is 52.7 Å². The summed E-state index contributed by atoms with van der Waals surface area (Å²) in [6.07, 6.45) is 0.408. The van der Waals surface area contributed by atoms with E-state index in [9.17, 15) is 14.3 Å². The van der Waals surface area contributed by atoms with Crippen molar-refractivity contribution in [3.63, 3.8) is 0 Å². The molecule has 1 aliphatic rings. The SMILES string of the molecule is Cc1[nH]c2c(F)cccc2c1CC(=O)N1CCCn2nc([C@H](C)O)cc2C1. The fourth-order valence-corrected chi connectivity index (χ4v) is 3.76. The van der Waals surface area contributed by atoms with Crippen LogP contribution in [0.1, 0.15) is 42.1 Å². The summed E-state index contributed by atoms with van der Waals surface area (Å²) in [7, 11) is 0. The molecule has 1 atom stereocenters. The third-order valence-electron chi connectivity index (χ3n) is 5.25. The quantitative estimate of drug-likeness (QED) is 0.745. The highest BCUT2D eigenvalue weighted by Gasteiger charge is 2.23. The Bertz CT molecular complexity index is 1000. The highest BCUT2D eigenvalue weighted by atomic mass is 19.1. The molecule has 0 bridgehead atoms. The summed E-state index contributed by atoms with van der Waals surface area (Å²) in [4.78, 5) is 17.9. The molecule has 0 saturated heterocycles. The van der Waals surface area contributed by atoms with Crippen LogP contribution in [0, 0.1) is 12.7 Å². The molecule has 0 unspecified atom stereocenters. The van der Waals surface area contributed by atoms with Gasteiger partial charge in [-0.1, -0.05) is 12.1 Å². The molecule has 6 nitrogen and oxygen atoms in total. The Morgan fingerprint density at radius 3 is 3.00 bits per heavy atom. The first-order valence-electron chi connectivity index (χ1n) is 9.22. The predicted octanol–water partition coefficient (Wildman–Crippen LogP) is 2.84. The predicted molar refractivity (Wildman–Crippen MR) is 99.6 cm³/mol. The molecule has 1 aliphatic heterocycles. The van der Waals surface area contributed by atoms with Gasteiger partial charge in [0.25, 0.3) is 0 Å². The molecule has 1 aromatic carbocycles. The first kappa shape index (κ1) is 17.7. The fraction of sp³-hybridized carbons (Fsp3) is 0.400. The minimum absolute atomic E-state index is 0.0107. The number of para-hydroxylation sites is 1. The molecule has 3 aromatic rings. The first-order valence-corrected chi connectivity index (χ1v) is 9.22. The molecule has 1 amide bonds. The van der Waals surface area contributed by atoms with Crippen LogP contribution in [0.15, 0.2) is 24.3 Å². The first-order chi connectivity index (χ1) is 12.9. The van der Waals surface area contributed by atoms with Gasteiger partial charge in [0.2, 0.25) is 5.91 Å². The lowest BCUT2D eigenvalue weighted by molar-refractivity contribution is -0.131. The van der Waals surface area contributed by atoms with Crippen molar-refractivity contribution in [1.29, 1.82) is 0 Å². The zero-order valence-electron chi connectivity index (χ0n) is 15.5. The van der Waals surface area contributed by atoms with Crippen molar-refractivity contribution < 1.29 is 14.3 Å². The van der Waals surface area contributed by atoms with Gasteiger partial charge < -0.3 is 15.0 Å². The number of nitrogens with one attached hydrogen (secondary N) is 1. The average molecular weight is 370 g/mol. The maximum Gasteiger partial charge on any atom is 0.227 e. The van der Waals surface area contributed by atoms with Gasteiger partial charge in [0, 0.05) is 24.2 Å². The van der Waals surface area contributed by atoms with E-state index in [2.05, 4.69) is 10.1 Å². The monoisotopic (exact) mass is 370 g/mol. The van der Waals surface area contributed by atoms with Gasteiger partial charge in [0.15, 0.2) is 0 Å². The van der Waals surface area contributed by atoms with E-state index in [-0.39, 0.29) is 18.1 Å². The van der Waals surface area contributed by atoms with E-state index in [0.29, 0.717) is 24.3 Å². The number of H-pyrrole nitrogens is 1. The number of hydrogen-bond acceptors (Lipinski definition) is 3. The highest BCUT2D eigenvalue weighted by molar-refractivity contribution is 5.90. The summed E-state index contributed by atoms with van der Waals surface area (Å²) >= 11 is 0. The number of carbonyl (C=O) groups is 1. The smallest absolute Gasteiger partial charge is 0.227 e. The van der Waals surface area contributed by atoms with Crippen LogP contribution < -0.4 is 0 Å². The van der Waals surface area contributed by atoms with Crippen LogP contribution in [0.5, 0.6) is 0 Å². The molecule has 0 saturated carbocycles. The Labute approximate surface area is 156 Å². The van der Waals surface area contributed by atoms with Crippen molar-refractivity contribution >= 4 is 16.8 Å². The van der Waals surface area contributed by atoms with Gasteiger partial charge in [-0.3, -0.25) is 9.48 Å².